The van der Waals surface area contributed by atoms with Gasteiger partial charge in [0.25, 0.3) is 5.91 Å². The van der Waals surface area contributed by atoms with Crippen LogP contribution in [0, 0.1) is 0 Å². The van der Waals surface area contributed by atoms with Gasteiger partial charge in [0, 0.05) is 37.4 Å². The van der Waals surface area contributed by atoms with E-state index in [0.717, 1.165) is 50.1 Å². The number of hydrogen-bond donors (Lipinski definition) is 2. The largest absolute Gasteiger partial charge is 0.368 e. The topological polar surface area (TPSA) is 87.9 Å². The molecule has 0 aromatic heterocycles. The van der Waals surface area contributed by atoms with E-state index in [-0.39, 0.29) is 30.0 Å². The lowest BCUT2D eigenvalue weighted by atomic mass is 9.88. The molecule has 2 heterocycles. The van der Waals surface area contributed by atoms with Crippen molar-refractivity contribution < 1.29 is 14.3 Å². The highest BCUT2D eigenvalue weighted by Gasteiger charge is 2.43. The van der Waals surface area contributed by atoms with Gasteiger partial charge >= 0.3 is 6.03 Å². The maximum atomic E-state index is 13.0. The van der Waals surface area contributed by atoms with E-state index in [1.54, 1.807) is 0 Å². The SMILES string of the molecule is CC1CN(C(=O)c2ccccc2)CC2(CCN(CCc3cccc(NC(N)=O)c3)CC2)O1.Cl. The maximum Gasteiger partial charge on any atom is 0.316 e. The van der Waals surface area contributed by atoms with Crippen LogP contribution in [0.15, 0.2) is 54.6 Å². The number of ether oxygens (including phenoxy) is 1. The summed E-state index contributed by atoms with van der Waals surface area (Å²) >= 11 is 0. The van der Waals surface area contributed by atoms with Gasteiger partial charge in [-0.1, -0.05) is 30.3 Å². The van der Waals surface area contributed by atoms with Gasteiger partial charge in [0.15, 0.2) is 0 Å². The molecule has 3 amide bonds. The van der Waals surface area contributed by atoms with Crippen molar-refractivity contribution in [1.82, 2.24) is 9.80 Å². The molecule has 4 rings (SSSR count). The quantitative estimate of drug-likeness (QED) is 0.696. The van der Waals surface area contributed by atoms with Gasteiger partial charge in [-0.25, -0.2) is 4.79 Å². The third-order valence-electron chi connectivity index (χ3n) is 6.39. The monoisotopic (exact) mass is 472 g/mol. The van der Waals surface area contributed by atoms with Gasteiger partial charge in [-0.15, -0.1) is 12.4 Å². The number of halogens is 1. The van der Waals surface area contributed by atoms with E-state index in [0.29, 0.717) is 13.1 Å². The van der Waals surface area contributed by atoms with Crippen molar-refractivity contribution in [2.45, 2.75) is 37.9 Å². The first-order valence-corrected chi connectivity index (χ1v) is 11.3. The van der Waals surface area contributed by atoms with Crippen molar-refractivity contribution in [3.63, 3.8) is 0 Å². The average Bonchev–Trinajstić information content (AvgIpc) is 2.78. The third-order valence-corrected chi connectivity index (χ3v) is 6.39. The van der Waals surface area contributed by atoms with Crippen LogP contribution in [0.3, 0.4) is 0 Å². The summed E-state index contributed by atoms with van der Waals surface area (Å²) in [4.78, 5) is 28.5. The van der Waals surface area contributed by atoms with Crippen LogP contribution in [0.5, 0.6) is 0 Å². The minimum atomic E-state index is -0.551. The number of carbonyl (C=O) groups is 2. The number of urea groups is 1. The summed E-state index contributed by atoms with van der Waals surface area (Å²) in [5, 5.41) is 2.63. The first-order valence-electron chi connectivity index (χ1n) is 11.3. The van der Waals surface area contributed by atoms with Gasteiger partial charge in [0.05, 0.1) is 18.2 Å². The molecule has 2 aliphatic heterocycles. The fourth-order valence-electron chi connectivity index (χ4n) is 4.84. The van der Waals surface area contributed by atoms with Crippen LogP contribution < -0.4 is 11.1 Å². The van der Waals surface area contributed by atoms with Crippen molar-refractivity contribution >= 4 is 30.0 Å². The van der Waals surface area contributed by atoms with Crippen LogP contribution >= 0.6 is 12.4 Å². The lowest BCUT2D eigenvalue weighted by Crippen LogP contribution is -2.60. The molecule has 2 fully saturated rings. The van der Waals surface area contributed by atoms with E-state index in [4.69, 9.17) is 10.5 Å². The zero-order valence-electron chi connectivity index (χ0n) is 19.0. The Morgan fingerprint density at radius 2 is 1.85 bits per heavy atom. The molecule has 8 heteroatoms. The minimum absolute atomic E-state index is 0. The second-order valence-corrected chi connectivity index (χ2v) is 8.94. The average molecular weight is 473 g/mol. The van der Waals surface area contributed by atoms with Crippen LogP contribution in [-0.4, -0.2) is 66.2 Å². The number of nitrogens with one attached hydrogen (secondary N) is 1. The van der Waals surface area contributed by atoms with Crippen LogP contribution in [0.4, 0.5) is 10.5 Å². The Morgan fingerprint density at radius 3 is 2.55 bits per heavy atom. The van der Waals surface area contributed by atoms with Crippen molar-refractivity contribution in [3.05, 3.63) is 65.7 Å². The summed E-state index contributed by atoms with van der Waals surface area (Å²) in [6.07, 6.45) is 2.76. The fourth-order valence-corrected chi connectivity index (χ4v) is 4.84. The van der Waals surface area contributed by atoms with Gasteiger partial charge in [-0.2, -0.15) is 0 Å². The number of amides is 3. The maximum absolute atomic E-state index is 13.0. The van der Waals surface area contributed by atoms with Crippen molar-refractivity contribution in [2.24, 2.45) is 5.73 Å². The summed E-state index contributed by atoms with van der Waals surface area (Å²) < 4.78 is 6.42. The molecule has 178 valence electrons. The van der Waals surface area contributed by atoms with Crippen LogP contribution in [-0.2, 0) is 11.2 Å². The molecular weight excluding hydrogens is 440 g/mol. The van der Waals surface area contributed by atoms with E-state index in [1.165, 1.54) is 5.56 Å². The summed E-state index contributed by atoms with van der Waals surface area (Å²) in [5.74, 6) is 0.0898. The molecule has 3 N–H and O–H groups in total. The van der Waals surface area contributed by atoms with Gasteiger partial charge < -0.3 is 25.6 Å². The number of likely N-dealkylation sites (tertiary alicyclic amines) is 1. The first kappa shape index (κ1) is 25.0. The van der Waals surface area contributed by atoms with Crippen LogP contribution in [0.25, 0.3) is 0 Å². The molecule has 33 heavy (non-hydrogen) atoms. The molecule has 2 aromatic carbocycles. The second-order valence-electron chi connectivity index (χ2n) is 8.94. The molecule has 7 nitrogen and oxygen atoms in total. The lowest BCUT2D eigenvalue weighted by molar-refractivity contribution is -0.161. The molecule has 0 radical (unpaired) electrons. The van der Waals surface area contributed by atoms with Crippen LogP contribution in [0.1, 0.15) is 35.7 Å². The Hall–Kier alpha value is -2.61. The predicted octanol–water partition coefficient (Wildman–Crippen LogP) is 3.54. The molecule has 0 aliphatic carbocycles. The summed E-state index contributed by atoms with van der Waals surface area (Å²) in [6, 6.07) is 16.8. The van der Waals surface area contributed by atoms with E-state index in [9.17, 15) is 9.59 Å². The number of nitrogens with two attached hydrogens (primary N) is 1. The molecule has 2 saturated heterocycles. The Balaban J connectivity index is 0.00000306. The number of morpholine rings is 1. The van der Waals surface area contributed by atoms with E-state index in [1.807, 2.05) is 53.4 Å². The Labute approximate surface area is 201 Å². The number of anilines is 1. The van der Waals surface area contributed by atoms with Crippen molar-refractivity contribution in [2.75, 3.05) is 38.0 Å². The predicted molar refractivity (Wildman–Crippen MR) is 132 cm³/mol. The minimum Gasteiger partial charge on any atom is -0.368 e. The highest BCUT2D eigenvalue weighted by atomic mass is 35.5. The Kier molecular flexibility index (Phi) is 8.35. The van der Waals surface area contributed by atoms with E-state index >= 15 is 0 Å². The highest BCUT2D eigenvalue weighted by molar-refractivity contribution is 5.94. The summed E-state index contributed by atoms with van der Waals surface area (Å²) in [6.45, 7) is 6.18. The third kappa shape index (κ3) is 6.47. The summed E-state index contributed by atoms with van der Waals surface area (Å²) in [5.41, 5.74) is 7.58. The molecule has 0 bridgehead atoms. The van der Waals surface area contributed by atoms with Crippen LogP contribution in [0.2, 0.25) is 0 Å². The fraction of sp³-hybridized carbons (Fsp3) is 0.440. The van der Waals surface area contributed by atoms with Gasteiger partial charge in [0.2, 0.25) is 0 Å². The van der Waals surface area contributed by atoms with Crippen molar-refractivity contribution in [3.8, 4) is 0 Å². The number of primary amides is 1. The van der Waals surface area contributed by atoms with E-state index < -0.39 is 6.03 Å². The zero-order valence-corrected chi connectivity index (χ0v) is 19.9. The van der Waals surface area contributed by atoms with Gasteiger partial charge in [-0.3, -0.25) is 4.79 Å². The normalized spacial score (nSPS) is 20.2. The zero-order chi connectivity index (χ0) is 22.6. The number of carbonyl (C=O) groups excluding carboxylic acids is 2. The highest BCUT2D eigenvalue weighted by Crippen LogP contribution is 2.33. The second kappa shape index (κ2) is 11.0. The lowest BCUT2D eigenvalue weighted by Gasteiger charge is -2.49. The molecule has 1 unspecified atom stereocenters. The molecule has 1 spiro atoms. The molecule has 2 aliphatic rings. The molecule has 2 aromatic rings. The molecule has 1 atom stereocenters. The standard InChI is InChI=1S/C25H32N4O3.ClH/c1-19-17-29(23(30)21-7-3-2-4-8-21)18-25(32-19)11-14-28(15-12-25)13-10-20-6-5-9-22(16-20)27-24(26)31;/h2-9,16,19H,10-15,17-18H2,1H3,(H3,26,27,31);1H. The number of hydrogen-bond acceptors (Lipinski definition) is 4. The summed E-state index contributed by atoms with van der Waals surface area (Å²) in [7, 11) is 0. The molecular formula is C25H33ClN4O3. The van der Waals surface area contributed by atoms with Gasteiger partial charge in [-0.05, 0) is 56.0 Å². The Bertz CT molecular complexity index is 948. The number of benzene rings is 2. The number of piperidine rings is 1. The van der Waals surface area contributed by atoms with E-state index in [2.05, 4.69) is 23.2 Å². The first-order chi connectivity index (χ1) is 15.4. The van der Waals surface area contributed by atoms with Gasteiger partial charge in [0.1, 0.15) is 0 Å². The Morgan fingerprint density at radius 1 is 1.12 bits per heavy atom. The van der Waals surface area contributed by atoms with Crippen molar-refractivity contribution in [1.29, 1.82) is 0 Å². The molecule has 0 saturated carbocycles. The number of rotatable bonds is 5. The number of nitrogens with zero attached hydrogens (tertiary/aromatic N) is 2. The smallest absolute Gasteiger partial charge is 0.316 e.